The minimum atomic E-state index is 0.377. The standard InChI is InChI=1S/C14H23NO/c1-10(15-16)12-7-6-11-5-4-8-14(2,3)13(11)9-12/h12,16H,4-9H2,1-3H3/b15-10-/t12-/m1/s1. The number of hydrogen-bond donors (Lipinski definition) is 1. The van der Waals surface area contributed by atoms with Crippen molar-refractivity contribution >= 4 is 5.71 Å². The van der Waals surface area contributed by atoms with Gasteiger partial charge in [-0.3, -0.25) is 0 Å². The summed E-state index contributed by atoms with van der Waals surface area (Å²) < 4.78 is 0. The summed E-state index contributed by atoms with van der Waals surface area (Å²) in [5, 5.41) is 12.3. The van der Waals surface area contributed by atoms with E-state index < -0.39 is 0 Å². The quantitative estimate of drug-likeness (QED) is 0.307. The molecular weight excluding hydrogens is 198 g/mol. The maximum Gasteiger partial charge on any atom is 0.0574 e. The number of hydrogen-bond acceptors (Lipinski definition) is 2. The van der Waals surface area contributed by atoms with Gasteiger partial charge < -0.3 is 5.21 Å². The van der Waals surface area contributed by atoms with Crippen LogP contribution in [0.4, 0.5) is 0 Å². The lowest BCUT2D eigenvalue weighted by molar-refractivity contribution is 0.303. The molecule has 0 spiro atoms. The zero-order chi connectivity index (χ0) is 11.8. The zero-order valence-electron chi connectivity index (χ0n) is 10.7. The fraction of sp³-hybridized carbons (Fsp3) is 0.786. The van der Waals surface area contributed by atoms with E-state index in [4.69, 9.17) is 5.21 Å². The lowest BCUT2D eigenvalue weighted by Gasteiger charge is -2.40. The highest BCUT2D eigenvalue weighted by Crippen LogP contribution is 2.47. The molecule has 2 rings (SSSR count). The van der Waals surface area contributed by atoms with Crippen molar-refractivity contribution in [3.05, 3.63) is 11.1 Å². The first-order valence-corrected chi connectivity index (χ1v) is 6.44. The van der Waals surface area contributed by atoms with Crippen LogP contribution in [0.1, 0.15) is 59.3 Å². The topological polar surface area (TPSA) is 32.6 Å². The van der Waals surface area contributed by atoms with Crippen LogP contribution in [0, 0.1) is 11.3 Å². The van der Waals surface area contributed by atoms with E-state index in [1.54, 1.807) is 11.1 Å². The third-order valence-corrected chi connectivity index (χ3v) is 4.52. The van der Waals surface area contributed by atoms with Crippen molar-refractivity contribution in [1.82, 2.24) is 0 Å². The molecule has 2 heteroatoms. The summed E-state index contributed by atoms with van der Waals surface area (Å²) in [5.74, 6) is 0.473. The van der Waals surface area contributed by atoms with Gasteiger partial charge in [0.2, 0.25) is 0 Å². The third kappa shape index (κ3) is 2.02. The smallest absolute Gasteiger partial charge is 0.0574 e. The molecule has 0 bridgehead atoms. The molecule has 2 aliphatic rings. The molecule has 0 saturated carbocycles. The maximum absolute atomic E-state index is 8.89. The van der Waals surface area contributed by atoms with E-state index in [9.17, 15) is 0 Å². The van der Waals surface area contributed by atoms with E-state index >= 15 is 0 Å². The van der Waals surface area contributed by atoms with Gasteiger partial charge in [-0.25, -0.2) is 0 Å². The molecule has 90 valence electrons. The van der Waals surface area contributed by atoms with E-state index in [2.05, 4.69) is 19.0 Å². The SMILES string of the molecule is C/C(=N/O)[C@@H]1CCC2=C(C1)C(C)(C)CCC2. The summed E-state index contributed by atoms with van der Waals surface area (Å²) in [6.07, 6.45) is 7.48. The van der Waals surface area contributed by atoms with Gasteiger partial charge in [0.05, 0.1) is 5.71 Å². The largest absolute Gasteiger partial charge is 0.411 e. The van der Waals surface area contributed by atoms with Crippen molar-refractivity contribution in [3.63, 3.8) is 0 Å². The van der Waals surface area contributed by atoms with Crippen molar-refractivity contribution < 1.29 is 5.21 Å². The Balaban J connectivity index is 2.23. The Morgan fingerprint density at radius 3 is 2.81 bits per heavy atom. The summed E-state index contributed by atoms with van der Waals surface area (Å²) >= 11 is 0. The highest BCUT2D eigenvalue weighted by atomic mass is 16.4. The summed E-state index contributed by atoms with van der Waals surface area (Å²) in [4.78, 5) is 0. The van der Waals surface area contributed by atoms with Gasteiger partial charge in [0.1, 0.15) is 0 Å². The number of nitrogens with zero attached hydrogens (tertiary/aromatic N) is 1. The van der Waals surface area contributed by atoms with Crippen LogP contribution < -0.4 is 0 Å². The second-order valence-electron chi connectivity index (χ2n) is 6.00. The van der Waals surface area contributed by atoms with Gasteiger partial charge >= 0.3 is 0 Å². The van der Waals surface area contributed by atoms with Crippen LogP contribution in [0.15, 0.2) is 16.3 Å². The van der Waals surface area contributed by atoms with Crippen LogP contribution in [-0.4, -0.2) is 10.9 Å². The molecule has 0 radical (unpaired) electrons. The van der Waals surface area contributed by atoms with E-state index in [1.165, 1.54) is 32.1 Å². The molecular formula is C14H23NO. The Morgan fingerprint density at radius 1 is 1.38 bits per heavy atom. The molecule has 0 heterocycles. The van der Waals surface area contributed by atoms with E-state index in [0.29, 0.717) is 11.3 Å². The predicted octanol–water partition coefficient (Wildman–Crippen LogP) is 4.14. The van der Waals surface area contributed by atoms with E-state index in [1.807, 2.05) is 6.92 Å². The first-order valence-electron chi connectivity index (χ1n) is 6.44. The molecule has 2 aliphatic carbocycles. The van der Waals surface area contributed by atoms with Crippen molar-refractivity contribution in [2.45, 2.75) is 59.3 Å². The average molecular weight is 221 g/mol. The Kier molecular flexibility index (Phi) is 3.09. The van der Waals surface area contributed by atoms with Crippen LogP contribution in [0.3, 0.4) is 0 Å². The van der Waals surface area contributed by atoms with Gasteiger partial charge in [-0.05, 0) is 50.9 Å². The van der Waals surface area contributed by atoms with Crippen molar-refractivity contribution in [3.8, 4) is 0 Å². The van der Waals surface area contributed by atoms with Crippen LogP contribution in [0.2, 0.25) is 0 Å². The van der Waals surface area contributed by atoms with Gasteiger partial charge in [-0.1, -0.05) is 30.1 Å². The molecule has 0 aliphatic heterocycles. The Labute approximate surface area is 98.4 Å². The lowest BCUT2D eigenvalue weighted by Crippen LogP contribution is -2.28. The van der Waals surface area contributed by atoms with Gasteiger partial charge in [0, 0.05) is 5.92 Å². The third-order valence-electron chi connectivity index (χ3n) is 4.52. The summed E-state index contributed by atoms with van der Waals surface area (Å²) in [6.45, 7) is 6.69. The minimum absolute atomic E-state index is 0.377. The van der Waals surface area contributed by atoms with E-state index in [-0.39, 0.29) is 0 Å². The minimum Gasteiger partial charge on any atom is -0.411 e. The molecule has 2 nitrogen and oxygen atoms in total. The van der Waals surface area contributed by atoms with Crippen molar-refractivity contribution in [2.24, 2.45) is 16.5 Å². The number of rotatable bonds is 1. The molecule has 0 fully saturated rings. The summed E-state index contributed by atoms with van der Waals surface area (Å²) in [5.41, 5.74) is 4.66. The average Bonchev–Trinajstić information content (AvgIpc) is 2.27. The van der Waals surface area contributed by atoms with Crippen LogP contribution in [0.5, 0.6) is 0 Å². The first-order chi connectivity index (χ1) is 7.54. The Morgan fingerprint density at radius 2 is 2.12 bits per heavy atom. The molecule has 0 aromatic rings. The normalized spacial score (nSPS) is 30.2. The molecule has 0 aromatic carbocycles. The Hall–Kier alpha value is -0.790. The van der Waals surface area contributed by atoms with Crippen LogP contribution >= 0.6 is 0 Å². The monoisotopic (exact) mass is 221 g/mol. The predicted molar refractivity (Wildman–Crippen MR) is 66.9 cm³/mol. The lowest BCUT2D eigenvalue weighted by atomic mass is 9.65. The van der Waals surface area contributed by atoms with Crippen LogP contribution in [-0.2, 0) is 0 Å². The molecule has 0 unspecified atom stereocenters. The molecule has 0 amide bonds. The van der Waals surface area contributed by atoms with Crippen LogP contribution in [0.25, 0.3) is 0 Å². The zero-order valence-corrected chi connectivity index (χ0v) is 10.7. The molecule has 0 saturated heterocycles. The molecule has 16 heavy (non-hydrogen) atoms. The molecule has 0 aromatic heterocycles. The maximum atomic E-state index is 8.89. The fourth-order valence-electron chi connectivity index (χ4n) is 3.36. The highest BCUT2D eigenvalue weighted by Gasteiger charge is 2.34. The molecule has 1 atom stereocenters. The first kappa shape index (κ1) is 11.7. The second-order valence-corrected chi connectivity index (χ2v) is 6.00. The molecule has 1 N–H and O–H groups in total. The summed E-state index contributed by atoms with van der Waals surface area (Å²) in [7, 11) is 0. The van der Waals surface area contributed by atoms with Gasteiger partial charge in [-0.2, -0.15) is 0 Å². The van der Waals surface area contributed by atoms with Crippen molar-refractivity contribution in [2.75, 3.05) is 0 Å². The van der Waals surface area contributed by atoms with Gasteiger partial charge in [0.15, 0.2) is 0 Å². The summed E-state index contributed by atoms with van der Waals surface area (Å²) in [6, 6.07) is 0. The van der Waals surface area contributed by atoms with E-state index in [0.717, 1.165) is 12.1 Å². The second kappa shape index (κ2) is 4.23. The fourth-order valence-corrected chi connectivity index (χ4v) is 3.36. The number of oxime groups is 1. The van der Waals surface area contributed by atoms with Gasteiger partial charge in [0.25, 0.3) is 0 Å². The highest BCUT2D eigenvalue weighted by molar-refractivity contribution is 5.84. The van der Waals surface area contributed by atoms with Crippen molar-refractivity contribution in [1.29, 1.82) is 0 Å². The van der Waals surface area contributed by atoms with Gasteiger partial charge in [-0.15, -0.1) is 0 Å². The number of allylic oxidation sites excluding steroid dienone is 2. The Bertz CT molecular complexity index is 339.